The predicted octanol–water partition coefficient (Wildman–Crippen LogP) is 3.24. The monoisotopic (exact) mass is 288 g/mol. The lowest BCUT2D eigenvalue weighted by molar-refractivity contribution is -0.443. The molecule has 0 aromatic carbocycles. The Hall–Kier alpha value is -0.160. The standard InChI is InChI=1S/C16H36N2O2/c1-11(17)15(9,13(3,4)5)19-20-16(10,12(2)18)14(6,7)8/h11-12H,17-18H2,1-10H3. The number of hydrogen-bond acceptors (Lipinski definition) is 4. The highest BCUT2D eigenvalue weighted by Crippen LogP contribution is 2.41. The summed E-state index contributed by atoms with van der Waals surface area (Å²) in [5.74, 6) is 0. The minimum atomic E-state index is -0.603. The van der Waals surface area contributed by atoms with E-state index < -0.39 is 11.2 Å². The molecule has 0 aliphatic heterocycles. The summed E-state index contributed by atoms with van der Waals surface area (Å²) in [4.78, 5) is 11.8. The quantitative estimate of drug-likeness (QED) is 0.602. The summed E-state index contributed by atoms with van der Waals surface area (Å²) in [6, 6.07) is -0.334. The van der Waals surface area contributed by atoms with E-state index in [1.165, 1.54) is 0 Å². The first-order valence-electron chi connectivity index (χ1n) is 7.47. The van der Waals surface area contributed by atoms with E-state index in [9.17, 15) is 0 Å². The fraction of sp³-hybridized carbons (Fsp3) is 1.00. The molecule has 4 atom stereocenters. The van der Waals surface area contributed by atoms with Crippen molar-refractivity contribution in [2.24, 2.45) is 22.3 Å². The first-order chi connectivity index (χ1) is 8.59. The summed E-state index contributed by atoms with van der Waals surface area (Å²) in [6.45, 7) is 20.4. The summed E-state index contributed by atoms with van der Waals surface area (Å²) in [7, 11) is 0. The number of nitrogens with two attached hydrogens (primary N) is 2. The minimum absolute atomic E-state index is 0.155. The number of hydrogen-bond donors (Lipinski definition) is 2. The van der Waals surface area contributed by atoms with Crippen molar-refractivity contribution >= 4 is 0 Å². The molecule has 4 heteroatoms. The largest absolute Gasteiger partial charge is 0.325 e. The van der Waals surface area contributed by atoms with Gasteiger partial charge in [-0.15, -0.1) is 0 Å². The molecular weight excluding hydrogens is 252 g/mol. The Labute approximate surface area is 125 Å². The van der Waals surface area contributed by atoms with E-state index in [0.717, 1.165) is 0 Å². The van der Waals surface area contributed by atoms with Crippen LogP contribution in [0.5, 0.6) is 0 Å². The zero-order valence-corrected chi connectivity index (χ0v) is 15.1. The van der Waals surface area contributed by atoms with E-state index in [2.05, 4.69) is 41.5 Å². The molecule has 0 aromatic rings. The van der Waals surface area contributed by atoms with E-state index in [-0.39, 0.29) is 22.9 Å². The highest BCUT2D eigenvalue weighted by molar-refractivity contribution is 4.97. The molecule has 0 heterocycles. The Morgan fingerprint density at radius 1 is 0.600 bits per heavy atom. The predicted molar refractivity (Wildman–Crippen MR) is 85.2 cm³/mol. The lowest BCUT2D eigenvalue weighted by atomic mass is 9.73. The van der Waals surface area contributed by atoms with Crippen molar-refractivity contribution in [2.45, 2.75) is 92.5 Å². The van der Waals surface area contributed by atoms with Gasteiger partial charge >= 0.3 is 0 Å². The Balaban J connectivity index is 5.31. The summed E-state index contributed by atoms with van der Waals surface area (Å²) in [5, 5.41) is 0. The highest BCUT2D eigenvalue weighted by atomic mass is 17.2. The Kier molecular flexibility index (Phi) is 5.87. The first-order valence-corrected chi connectivity index (χ1v) is 7.47. The van der Waals surface area contributed by atoms with Gasteiger partial charge in [0.05, 0.1) is 0 Å². The van der Waals surface area contributed by atoms with Crippen LogP contribution in [0.3, 0.4) is 0 Å². The molecule has 0 saturated heterocycles. The third kappa shape index (κ3) is 3.73. The van der Waals surface area contributed by atoms with E-state index in [0.29, 0.717) is 0 Å². The fourth-order valence-electron chi connectivity index (χ4n) is 1.94. The van der Waals surface area contributed by atoms with Crippen molar-refractivity contribution in [2.75, 3.05) is 0 Å². The topological polar surface area (TPSA) is 70.5 Å². The third-order valence-corrected chi connectivity index (χ3v) is 5.10. The van der Waals surface area contributed by atoms with E-state index in [1.54, 1.807) is 0 Å². The van der Waals surface area contributed by atoms with Crippen LogP contribution in [0.15, 0.2) is 0 Å². The van der Waals surface area contributed by atoms with E-state index in [4.69, 9.17) is 21.2 Å². The molecule has 0 spiro atoms. The molecule has 122 valence electrons. The van der Waals surface area contributed by atoms with Crippen LogP contribution >= 0.6 is 0 Å². The van der Waals surface area contributed by atoms with Gasteiger partial charge in [-0.2, -0.15) is 0 Å². The third-order valence-electron chi connectivity index (χ3n) is 5.10. The summed E-state index contributed by atoms with van der Waals surface area (Å²) in [6.07, 6.45) is 0. The van der Waals surface area contributed by atoms with Gasteiger partial charge in [0.15, 0.2) is 0 Å². The van der Waals surface area contributed by atoms with Crippen molar-refractivity contribution in [3.8, 4) is 0 Å². The molecule has 0 aliphatic carbocycles. The van der Waals surface area contributed by atoms with Crippen molar-refractivity contribution in [1.29, 1.82) is 0 Å². The van der Waals surface area contributed by atoms with E-state index in [1.807, 2.05) is 27.7 Å². The first kappa shape index (κ1) is 19.8. The molecule has 4 nitrogen and oxygen atoms in total. The van der Waals surface area contributed by atoms with Crippen LogP contribution in [0.25, 0.3) is 0 Å². The van der Waals surface area contributed by atoms with Crippen LogP contribution in [0.1, 0.15) is 69.2 Å². The number of rotatable bonds is 5. The smallest absolute Gasteiger partial charge is 0.120 e. The molecule has 0 amide bonds. The fourth-order valence-corrected chi connectivity index (χ4v) is 1.94. The molecule has 4 N–H and O–H groups in total. The summed E-state index contributed by atoms with van der Waals surface area (Å²) >= 11 is 0. The maximum Gasteiger partial charge on any atom is 0.120 e. The summed E-state index contributed by atoms with van der Waals surface area (Å²) in [5.41, 5.74) is 10.8. The Morgan fingerprint density at radius 2 is 0.800 bits per heavy atom. The highest BCUT2D eigenvalue weighted by Gasteiger charge is 2.49. The zero-order chi connectivity index (χ0) is 16.6. The summed E-state index contributed by atoms with van der Waals surface area (Å²) < 4.78 is 0. The van der Waals surface area contributed by atoms with Gasteiger partial charge in [-0.05, 0) is 38.5 Å². The Bertz CT molecular complexity index is 283. The second kappa shape index (κ2) is 5.91. The van der Waals surface area contributed by atoms with Gasteiger partial charge in [0.1, 0.15) is 11.2 Å². The normalized spacial score (nSPS) is 22.8. The molecule has 0 fully saturated rings. The molecule has 0 aliphatic rings. The molecule has 20 heavy (non-hydrogen) atoms. The van der Waals surface area contributed by atoms with Crippen molar-refractivity contribution < 1.29 is 9.78 Å². The molecule has 0 aromatic heterocycles. The molecule has 0 saturated carbocycles. The van der Waals surface area contributed by atoms with Crippen molar-refractivity contribution in [1.82, 2.24) is 0 Å². The van der Waals surface area contributed by atoms with Crippen LogP contribution in [0, 0.1) is 10.8 Å². The van der Waals surface area contributed by atoms with Gasteiger partial charge < -0.3 is 11.5 Å². The van der Waals surface area contributed by atoms with Gasteiger partial charge in [-0.1, -0.05) is 41.5 Å². The van der Waals surface area contributed by atoms with Gasteiger partial charge in [-0.25, -0.2) is 9.78 Å². The molecular formula is C16H36N2O2. The lowest BCUT2D eigenvalue weighted by Crippen LogP contribution is -2.60. The van der Waals surface area contributed by atoms with Gasteiger partial charge in [0, 0.05) is 12.1 Å². The maximum absolute atomic E-state index is 6.14. The van der Waals surface area contributed by atoms with Crippen LogP contribution in [-0.4, -0.2) is 23.3 Å². The molecule has 4 unspecified atom stereocenters. The molecule has 0 rings (SSSR count). The lowest BCUT2D eigenvalue weighted by Gasteiger charge is -2.49. The average Bonchev–Trinajstić information content (AvgIpc) is 2.21. The van der Waals surface area contributed by atoms with Gasteiger partial charge in [-0.3, -0.25) is 0 Å². The second-order valence-electron chi connectivity index (χ2n) is 8.46. The van der Waals surface area contributed by atoms with Crippen LogP contribution in [-0.2, 0) is 9.78 Å². The zero-order valence-electron chi connectivity index (χ0n) is 15.1. The van der Waals surface area contributed by atoms with Crippen molar-refractivity contribution in [3.63, 3.8) is 0 Å². The van der Waals surface area contributed by atoms with E-state index >= 15 is 0 Å². The SMILES string of the molecule is CC(N)C(C)(OOC(C)(C(C)N)C(C)(C)C)C(C)(C)C. The minimum Gasteiger partial charge on any atom is -0.325 e. The van der Waals surface area contributed by atoms with Crippen LogP contribution < -0.4 is 11.5 Å². The van der Waals surface area contributed by atoms with Crippen LogP contribution in [0.2, 0.25) is 0 Å². The molecule has 0 bridgehead atoms. The van der Waals surface area contributed by atoms with Gasteiger partial charge in [0.25, 0.3) is 0 Å². The molecule has 0 radical (unpaired) electrons. The second-order valence-corrected chi connectivity index (χ2v) is 8.46. The van der Waals surface area contributed by atoms with Crippen LogP contribution in [0.4, 0.5) is 0 Å². The Morgan fingerprint density at radius 3 is 0.900 bits per heavy atom. The average molecular weight is 288 g/mol. The van der Waals surface area contributed by atoms with Crippen molar-refractivity contribution in [3.05, 3.63) is 0 Å². The van der Waals surface area contributed by atoms with Gasteiger partial charge in [0.2, 0.25) is 0 Å². The maximum atomic E-state index is 6.14.